The molecule has 6 nitrogen and oxygen atoms in total. The summed E-state index contributed by atoms with van der Waals surface area (Å²) in [6.07, 6.45) is -0.509. The van der Waals surface area contributed by atoms with E-state index in [9.17, 15) is 9.59 Å². The number of carboxylic acid groups (broad SMARTS) is 1. The lowest BCUT2D eigenvalue weighted by Gasteiger charge is -2.33. The molecule has 0 saturated carbocycles. The molecular weight excluding hydrogens is 296 g/mol. The lowest BCUT2D eigenvalue weighted by atomic mass is 10.1. The summed E-state index contributed by atoms with van der Waals surface area (Å²) in [5.41, 5.74) is 1.67. The number of carbonyl (C=O) groups excluding carboxylic acids is 1. The van der Waals surface area contributed by atoms with Crippen LogP contribution in [0.1, 0.15) is 27.7 Å². The van der Waals surface area contributed by atoms with Gasteiger partial charge in [0.1, 0.15) is 5.75 Å². The predicted octanol–water partition coefficient (Wildman–Crippen LogP) is 2.37. The number of ether oxygens (including phenoxy) is 1. The summed E-state index contributed by atoms with van der Waals surface area (Å²) >= 11 is 0. The van der Waals surface area contributed by atoms with Gasteiger partial charge in [-0.1, -0.05) is 6.92 Å². The average Bonchev–Trinajstić information content (AvgIpc) is 2.53. The van der Waals surface area contributed by atoms with E-state index >= 15 is 0 Å². The molecule has 0 spiro atoms. The van der Waals surface area contributed by atoms with Gasteiger partial charge in [-0.2, -0.15) is 0 Å². The minimum Gasteiger partial charge on any atom is -0.481 e. The molecule has 0 aliphatic carbocycles. The van der Waals surface area contributed by atoms with Crippen LogP contribution in [-0.2, 0) is 9.59 Å². The standard InChI is InChI=1S/C17H24N2O4/c1-5-18(10-11(3)17(21)22)13-7-8-14-15(9-13)23-12(4)16(20)19(14)6-2/h7-9,11-12H,5-6,10H2,1-4H3,(H,21,22). The molecule has 2 rings (SSSR count). The number of hydrogen-bond acceptors (Lipinski definition) is 4. The van der Waals surface area contributed by atoms with Gasteiger partial charge in [-0.15, -0.1) is 0 Å². The highest BCUT2D eigenvalue weighted by atomic mass is 16.5. The van der Waals surface area contributed by atoms with E-state index in [0.717, 1.165) is 11.4 Å². The van der Waals surface area contributed by atoms with Gasteiger partial charge in [0, 0.05) is 31.4 Å². The van der Waals surface area contributed by atoms with Crippen LogP contribution >= 0.6 is 0 Å². The molecule has 23 heavy (non-hydrogen) atoms. The van der Waals surface area contributed by atoms with Crippen molar-refractivity contribution >= 4 is 23.3 Å². The van der Waals surface area contributed by atoms with Crippen molar-refractivity contribution in [2.45, 2.75) is 33.8 Å². The zero-order chi connectivity index (χ0) is 17.1. The summed E-state index contributed by atoms with van der Waals surface area (Å²) in [7, 11) is 0. The van der Waals surface area contributed by atoms with Gasteiger partial charge in [-0.05, 0) is 32.9 Å². The third kappa shape index (κ3) is 3.41. The zero-order valence-corrected chi connectivity index (χ0v) is 14.1. The van der Waals surface area contributed by atoms with Crippen LogP contribution in [0, 0.1) is 5.92 Å². The molecule has 2 unspecified atom stereocenters. The van der Waals surface area contributed by atoms with Gasteiger partial charge >= 0.3 is 5.97 Å². The fraction of sp³-hybridized carbons (Fsp3) is 0.529. The van der Waals surface area contributed by atoms with Crippen molar-refractivity contribution < 1.29 is 19.4 Å². The van der Waals surface area contributed by atoms with E-state index in [1.165, 1.54) is 0 Å². The highest BCUT2D eigenvalue weighted by Gasteiger charge is 2.31. The molecule has 6 heteroatoms. The fourth-order valence-electron chi connectivity index (χ4n) is 2.75. The van der Waals surface area contributed by atoms with Crippen LogP contribution in [0.15, 0.2) is 18.2 Å². The molecule has 0 fully saturated rings. The fourth-order valence-corrected chi connectivity index (χ4v) is 2.75. The first kappa shape index (κ1) is 17.1. The molecule has 2 atom stereocenters. The lowest BCUT2D eigenvalue weighted by Crippen LogP contribution is -2.44. The van der Waals surface area contributed by atoms with Gasteiger partial charge in [0.25, 0.3) is 5.91 Å². The van der Waals surface area contributed by atoms with E-state index in [0.29, 0.717) is 25.4 Å². The SMILES string of the molecule is CCN(CC(C)C(=O)O)c1ccc2c(c1)OC(C)C(=O)N2CC. The number of hydrogen-bond donors (Lipinski definition) is 1. The number of carboxylic acids is 1. The summed E-state index contributed by atoms with van der Waals surface area (Å²) in [5.74, 6) is -0.647. The molecule has 0 saturated heterocycles. The molecule has 1 aliphatic heterocycles. The minimum atomic E-state index is -0.811. The number of amides is 1. The number of rotatable bonds is 6. The Morgan fingerprint density at radius 2 is 2.13 bits per heavy atom. The molecule has 0 aromatic heterocycles. The van der Waals surface area contributed by atoms with Crippen molar-refractivity contribution in [3.05, 3.63) is 18.2 Å². The van der Waals surface area contributed by atoms with Crippen LogP contribution in [-0.4, -0.2) is 42.7 Å². The molecule has 1 amide bonds. The quantitative estimate of drug-likeness (QED) is 0.871. The topological polar surface area (TPSA) is 70.1 Å². The molecular formula is C17H24N2O4. The molecule has 1 N–H and O–H groups in total. The van der Waals surface area contributed by atoms with E-state index in [2.05, 4.69) is 0 Å². The van der Waals surface area contributed by atoms with Gasteiger partial charge < -0.3 is 19.6 Å². The van der Waals surface area contributed by atoms with E-state index in [1.807, 2.05) is 36.9 Å². The van der Waals surface area contributed by atoms with Crippen molar-refractivity contribution in [1.82, 2.24) is 0 Å². The van der Waals surface area contributed by atoms with Crippen LogP contribution in [0.3, 0.4) is 0 Å². The van der Waals surface area contributed by atoms with Gasteiger partial charge in [0.05, 0.1) is 11.6 Å². The first-order valence-electron chi connectivity index (χ1n) is 7.98. The van der Waals surface area contributed by atoms with Crippen molar-refractivity contribution in [1.29, 1.82) is 0 Å². The highest BCUT2D eigenvalue weighted by Crippen LogP contribution is 2.37. The number of carbonyl (C=O) groups is 2. The number of fused-ring (bicyclic) bond motifs is 1. The Hall–Kier alpha value is -2.24. The normalized spacial score (nSPS) is 18.2. The van der Waals surface area contributed by atoms with Crippen LogP contribution in [0.2, 0.25) is 0 Å². The zero-order valence-electron chi connectivity index (χ0n) is 14.1. The molecule has 1 aromatic rings. The van der Waals surface area contributed by atoms with Crippen LogP contribution in [0.25, 0.3) is 0 Å². The summed E-state index contributed by atoms with van der Waals surface area (Å²) in [4.78, 5) is 26.9. The molecule has 1 aromatic carbocycles. The average molecular weight is 320 g/mol. The molecule has 126 valence electrons. The van der Waals surface area contributed by atoms with Crippen molar-refractivity contribution in [3.63, 3.8) is 0 Å². The van der Waals surface area contributed by atoms with Crippen LogP contribution in [0.4, 0.5) is 11.4 Å². The third-order valence-corrected chi connectivity index (χ3v) is 4.13. The third-order valence-electron chi connectivity index (χ3n) is 4.13. The Kier molecular flexibility index (Phi) is 5.13. The van der Waals surface area contributed by atoms with E-state index in [1.54, 1.807) is 18.7 Å². The first-order valence-corrected chi connectivity index (χ1v) is 7.98. The number of nitrogens with zero attached hydrogens (tertiary/aromatic N) is 2. The van der Waals surface area contributed by atoms with Gasteiger partial charge in [0.2, 0.25) is 0 Å². The number of benzene rings is 1. The second kappa shape index (κ2) is 6.89. The lowest BCUT2D eigenvalue weighted by molar-refractivity contribution is -0.140. The monoisotopic (exact) mass is 320 g/mol. The first-order chi connectivity index (χ1) is 10.9. The Bertz CT molecular complexity index is 602. The number of aliphatic carboxylic acids is 1. The maximum atomic E-state index is 12.1. The number of likely N-dealkylation sites (N-methyl/N-ethyl adjacent to an activating group) is 1. The summed E-state index contributed by atoms with van der Waals surface area (Å²) in [6, 6.07) is 5.66. The van der Waals surface area contributed by atoms with Crippen molar-refractivity contribution in [2.24, 2.45) is 5.92 Å². The molecule has 1 aliphatic rings. The minimum absolute atomic E-state index is 0.0420. The van der Waals surface area contributed by atoms with Crippen molar-refractivity contribution in [3.8, 4) is 5.75 Å². The van der Waals surface area contributed by atoms with E-state index in [-0.39, 0.29) is 5.91 Å². The Balaban J connectivity index is 2.31. The smallest absolute Gasteiger partial charge is 0.308 e. The van der Waals surface area contributed by atoms with Gasteiger partial charge in [-0.25, -0.2) is 0 Å². The Morgan fingerprint density at radius 3 is 2.70 bits per heavy atom. The van der Waals surface area contributed by atoms with Crippen LogP contribution in [0.5, 0.6) is 5.75 Å². The highest BCUT2D eigenvalue weighted by molar-refractivity contribution is 6.00. The van der Waals surface area contributed by atoms with E-state index < -0.39 is 18.0 Å². The largest absolute Gasteiger partial charge is 0.481 e. The van der Waals surface area contributed by atoms with Crippen molar-refractivity contribution in [2.75, 3.05) is 29.4 Å². The molecule has 0 bridgehead atoms. The predicted molar refractivity (Wildman–Crippen MR) is 89.2 cm³/mol. The van der Waals surface area contributed by atoms with Gasteiger partial charge in [-0.3, -0.25) is 9.59 Å². The van der Waals surface area contributed by atoms with Crippen LogP contribution < -0.4 is 14.5 Å². The molecule has 1 heterocycles. The summed E-state index contributed by atoms with van der Waals surface area (Å²) in [5, 5.41) is 9.10. The second-order valence-corrected chi connectivity index (χ2v) is 5.77. The van der Waals surface area contributed by atoms with Gasteiger partial charge in [0.15, 0.2) is 6.10 Å². The number of anilines is 2. The Labute approximate surface area is 136 Å². The summed E-state index contributed by atoms with van der Waals surface area (Å²) in [6.45, 7) is 9.06. The van der Waals surface area contributed by atoms with E-state index in [4.69, 9.17) is 9.84 Å². The maximum Gasteiger partial charge on any atom is 0.308 e. The molecule has 0 radical (unpaired) electrons. The summed E-state index contributed by atoms with van der Waals surface area (Å²) < 4.78 is 5.73. The second-order valence-electron chi connectivity index (χ2n) is 5.77. The Morgan fingerprint density at radius 1 is 1.43 bits per heavy atom. The maximum absolute atomic E-state index is 12.1.